The molecular weight excluding hydrogens is 304 g/mol. The summed E-state index contributed by atoms with van der Waals surface area (Å²) in [6.07, 6.45) is 1.49. The highest BCUT2D eigenvalue weighted by molar-refractivity contribution is 5.96. The minimum atomic E-state index is -0.490. The summed E-state index contributed by atoms with van der Waals surface area (Å²) in [7, 11) is 2.91. The number of benzene rings is 2. The summed E-state index contributed by atoms with van der Waals surface area (Å²) in [4.78, 5) is 21.0. The minimum absolute atomic E-state index is 0.293. The molecule has 0 unspecified atom stereocenters. The summed E-state index contributed by atoms with van der Waals surface area (Å²) >= 11 is 0. The molecule has 0 bridgehead atoms. The number of aromatic nitrogens is 2. The van der Waals surface area contributed by atoms with Crippen LogP contribution in [0.3, 0.4) is 0 Å². The van der Waals surface area contributed by atoms with Crippen LogP contribution < -0.4 is 4.74 Å². The lowest BCUT2D eigenvalue weighted by Crippen LogP contribution is -2.07. The van der Waals surface area contributed by atoms with E-state index < -0.39 is 5.97 Å². The van der Waals surface area contributed by atoms with Crippen molar-refractivity contribution in [3.63, 3.8) is 0 Å². The number of hydrogen-bond donors (Lipinski definition) is 0. The molecule has 0 fully saturated rings. The first kappa shape index (κ1) is 15.7. The van der Waals surface area contributed by atoms with Gasteiger partial charge in [-0.1, -0.05) is 42.5 Å². The van der Waals surface area contributed by atoms with E-state index in [-0.39, 0.29) is 0 Å². The van der Waals surface area contributed by atoms with E-state index in [2.05, 4.69) is 9.97 Å². The van der Waals surface area contributed by atoms with Crippen molar-refractivity contribution < 1.29 is 14.3 Å². The van der Waals surface area contributed by atoms with E-state index in [9.17, 15) is 4.79 Å². The zero-order valence-corrected chi connectivity index (χ0v) is 13.4. The number of carbonyl (C=O) groups excluding carboxylic acids is 1. The molecule has 0 N–H and O–H groups in total. The molecule has 0 saturated heterocycles. The van der Waals surface area contributed by atoms with Gasteiger partial charge in [-0.25, -0.2) is 14.8 Å². The van der Waals surface area contributed by atoms with Crippen LogP contribution in [-0.4, -0.2) is 30.2 Å². The topological polar surface area (TPSA) is 61.3 Å². The molecule has 2 aromatic carbocycles. The molecule has 1 aromatic heterocycles. The fourth-order valence-electron chi connectivity index (χ4n) is 2.41. The van der Waals surface area contributed by atoms with Gasteiger partial charge >= 0.3 is 5.97 Å². The SMILES string of the molecule is COC(=O)c1cnc(-c2ccccc2)nc1-c1ccccc1OC. The van der Waals surface area contributed by atoms with Gasteiger partial charge < -0.3 is 9.47 Å². The van der Waals surface area contributed by atoms with Crippen LogP contribution in [0.2, 0.25) is 0 Å². The van der Waals surface area contributed by atoms with E-state index in [0.717, 1.165) is 5.56 Å². The van der Waals surface area contributed by atoms with Crippen molar-refractivity contribution in [2.24, 2.45) is 0 Å². The van der Waals surface area contributed by atoms with E-state index in [1.807, 2.05) is 54.6 Å². The van der Waals surface area contributed by atoms with E-state index in [0.29, 0.717) is 28.4 Å². The molecular formula is C19H16N2O3. The molecule has 120 valence electrons. The van der Waals surface area contributed by atoms with Gasteiger partial charge in [0.15, 0.2) is 5.82 Å². The number of ether oxygens (including phenoxy) is 2. The van der Waals surface area contributed by atoms with Crippen molar-refractivity contribution in [3.05, 3.63) is 66.4 Å². The summed E-state index contributed by atoms with van der Waals surface area (Å²) in [6, 6.07) is 17.0. The van der Waals surface area contributed by atoms with Crippen LogP contribution in [0.15, 0.2) is 60.8 Å². The number of methoxy groups -OCH3 is 2. The second kappa shape index (κ2) is 6.91. The lowest BCUT2D eigenvalue weighted by molar-refractivity contribution is 0.0601. The Balaban J connectivity index is 2.22. The van der Waals surface area contributed by atoms with Gasteiger partial charge in [-0.2, -0.15) is 0 Å². The Labute approximate surface area is 139 Å². The van der Waals surface area contributed by atoms with E-state index in [4.69, 9.17) is 9.47 Å². The average Bonchev–Trinajstić information content (AvgIpc) is 2.67. The maximum Gasteiger partial charge on any atom is 0.341 e. The number of carbonyl (C=O) groups is 1. The summed E-state index contributed by atoms with van der Waals surface area (Å²) in [5, 5.41) is 0. The molecule has 0 spiro atoms. The van der Waals surface area contributed by atoms with Crippen molar-refractivity contribution in [2.75, 3.05) is 14.2 Å². The van der Waals surface area contributed by atoms with Gasteiger partial charge in [0.1, 0.15) is 11.3 Å². The highest BCUT2D eigenvalue weighted by Gasteiger charge is 2.19. The smallest absolute Gasteiger partial charge is 0.341 e. The Bertz CT molecular complexity index is 863. The maximum atomic E-state index is 12.1. The van der Waals surface area contributed by atoms with Gasteiger partial charge in [0.2, 0.25) is 0 Å². The largest absolute Gasteiger partial charge is 0.496 e. The lowest BCUT2D eigenvalue weighted by atomic mass is 10.1. The van der Waals surface area contributed by atoms with Crippen LogP contribution >= 0.6 is 0 Å². The molecule has 0 aliphatic carbocycles. The van der Waals surface area contributed by atoms with Crippen molar-refractivity contribution in [3.8, 4) is 28.4 Å². The molecule has 5 nitrogen and oxygen atoms in total. The third-order valence-corrected chi connectivity index (χ3v) is 3.59. The van der Waals surface area contributed by atoms with Crippen molar-refractivity contribution in [2.45, 2.75) is 0 Å². The predicted molar refractivity (Wildman–Crippen MR) is 90.8 cm³/mol. The quantitative estimate of drug-likeness (QED) is 0.687. The second-order valence-corrected chi connectivity index (χ2v) is 5.01. The molecule has 0 atom stereocenters. The van der Waals surface area contributed by atoms with Crippen LogP contribution in [0, 0.1) is 0 Å². The van der Waals surface area contributed by atoms with E-state index in [1.165, 1.54) is 13.3 Å². The zero-order chi connectivity index (χ0) is 16.9. The van der Waals surface area contributed by atoms with E-state index >= 15 is 0 Å². The summed E-state index contributed by atoms with van der Waals surface area (Å²) in [5.41, 5.74) is 2.35. The Morgan fingerprint density at radius 1 is 0.958 bits per heavy atom. The first-order chi connectivity index (χ1) is 11.7. The molecule has 0 saturated carbocycles. The van der Waals surface area contributed by atoms with Gasteiger partial charge in [0, 0.05) is 17.3 Å². The van der Waals surface area contributed by atoms with Gasteiger partial charge in [-0.3, -0.25) is 0 Å². The third kappa shape index (κ3) is 2.96. The summed E-state index contributed by atoms with van der Waals surface area (Å²) in [6.45, 7) is 0. The molecule has 1 heterocycles. The number of rotatable bonds is 4. The zero-order valence-electron chi connectivity index (χ0n) is 13.4. The van der Waals surface area contributed by atoms with Crippen LogP contribution in [0.1, 0.15) is 10.4 Å². The second-order valence-electron chi connectivity index (χ2n) is 5.01. The Morgan fingerprint density at radius 3 is 2.38 bits per heavy atom. The molecule has 0 amide bonds. The molecule has 5 heteroatoms. The van der Waals surface area contributed by atoms with Crippen LogP contribution in [-0.2, 0) is 4.74 Å². The van der Waals surface area contributed by atoms with Gasteiger partial charge in [0.25, 0.3) is 0 Å². The highest BCUT2D eigenvalue weighted by Crippen LogP contribution is 2.32. The fourth-order valence-corrected chi connectivity index (χ4v) is 2.41. The number of nitrogens with zero attached hydrogens (tertiary/aromatic N) is 2. The average molecular weight is 320 g/mol. The molecule has 0 aliphatic heterocycles. The Hall–Kier alpha value is -3.21. The number of para-hydroxylation sites is 1. The fraction of sp³-hybridized carbons (Fsp3) is 0.105. The van der Waals surface area contributed by atoms with Crippen LogP contribution in [0.25, 0.3) is 22.6 Å². The predicted octanol–water partition coefficient (Wildman–Crippen LogP) is 3.61. The molecule has 24 heavy (non-hydrogen) atoms. The van der Waals surface area contributed by atoms with E-state index in [1.54, 1.807) is 7.11 Å². The van der Waals surface area contributed by atoms with Gasteiger partial charge in [0.05, 0.1) is 19.9 Å². The monoisotopic (exact) mass is 320 g/mol. The third-order valence-electron chi connectivity index (χ3n) is 3.59. The van der Waals surface area contributed by atoms with Crippen molar-refractivity contribution in [1.29, 1.82) is 0 Å². The Morgan fingerprint density at radius 2 is 1.67 bits per heavy atom. The first-order valence-electron chi connectivity index (χ1n) is 7.38. The van der Waals surface area contributed by atoms with Crippen LogP contribution in [0.4, 0.5) is 0 Å². The number of hydrogen-bond acceptors (Lipinski definition) is 5. The maximum absolute atomic E-state index is 12.1. The normalized spacial score (nSPS) is 10.2. The lowest BCUT2D eigenvalue weighted by Gasteiger charge is -2.12. The number of esters is 1. The first-order valence-corrected chi connectivity index (χ1v) is 7.38. The van der Waals surface area contributed by atoms with Crippen LogP contribution in [0.5, 0.6) is 5.75 Å². The highest BCUT2D eigenvalue weighted by atomic mass is 16.5. The molecule has 3 rings (SSSR count). The van der Waals surface area contributed by atoms with Crippen molar-refractivity contribution >= 4 is 5.97 Å². The summed E-state index contributed by atoms with van der Waals surface area (Å²) in [5.74, 6) is 0.667. The minimum Gasteiger partial charge on any atom is -0.496 e. The standard InChI is InChI=1S/C19H16N2O3/c1-23-16-11-7-6-10-14(16)17-15(19(22)24-2)12-20-18(21-17)13-8-4-3-5-9-13/h3-12H,1-2H3. The van der Waals surface area contributed by atoms with Gasteiger partial charge in [-0.05, 0) is 12.1 Å². The molecule has 3 aromatic rings. The Kier molecular flexibility index (Phi) is 4.52. The molecule has 0 aliphatic rings. The van der Waals surface area contributed by atoms with Crippen molar-refractivity contribution in [1.82, 2.24) is 9.97 Å². The molecule has 0 radical (unpaired) electrons. The van der Waals surface area contributed by atoms with Gasteiger partial charge in [-0.15, -0.1) is 0 Å². The summed E-state index contributed by atoms with van der Waals surface area (Å²) < 4.78 is 10.3.